The van der Waals surface area contributed by atoms with Crippen LogP contribution in [0.15, 0.2) is 35.1 Å². The van der Waals surface area contributed by atoms with Crippen molar-refractivity contribution in [2.45, 2.75) is 68.4 Å². The van der Waals surface area contributed by atoms with E-state index < -0.39 is 17.4 Å². The summed E-state index contributed by atoms with van der Waals surface area (Å²) in [5.41, 5.74) is 0.990. The second kappa shape index (κ2) is 16.9. The van der Waals surface area contributed by atoms with Crippen LogP contribution in [0.5, 0.6) is 5.75 Å². The third kappa shape index (κ3) is 9.76. The number of rotatable bonds is 11. The van der Waals surface area contributed by atoms with E-state index in [-0.39, 0.29) is 35.9 Å². The molecule has 1 atom stereocenters. The predicted molar refractivity (Wildman–Crippen MR) is 191 cm³/mol. The van der Waals surface area contributed by atoms with Crippen molar-refractivity contribution in [2.75, 3.05) is 49.5 Å². The highest BCUT2D eigenvalue weighted by molar-refractivity contribution is 7.99. The van der Waals surface area contributed by atoms with Gasteiger partial charge in [0.25, 0.3) is 12.0 Å². The second-order valence-electron chi connectivity index (χ2n) is 13.7. The smallest absolute Gasteiger partial charge is 0.290 e. The molecule has 0 radical (unpaired) electrons. The summed E-state index contributed by atoms with van der Waals surface area (Å²) in [5.74, 6) is 1.07. The fraction of sp³-hybridized carbons (Fsp3) is 0.528. The lowest BCUT2D eigenvalue weighted by Crippen LogP contribution is -2.47. The van der Waals surface area contributed by atoms with Crippen LogP contribution < -0.4 is 25.8 Å². The molecule has 3 aromatic rings. The summed E-state index contributed by atoms with van der Waals surface area (Å²) in [6.07, 6.45) is 7.05. The lowest BCUT2D eigenvalue weighted by molar-refractivity contribution is -0.133. The summed E-state index contributed by atoms with van der Waals surface area (Å²) in [6, 6.07) is 7.40. The Bertz CT molecular complexity index is 1770. The molecule has 4 aliphatic rings. The van der Waals surface area contributed by atoms with Gasteiger partial charge in [0.05, 0.1) is 23.6 Å². The van der Waals surface area contributed by atoms with Crippen LogP contribution in [0.1, 0.15) is 57.2 Å². The molecular weight excluding hydrogens is 682 g/mol. The van der Waals surface area contributed by atoms with E-state index in [4.69, 9.17) is 14.6 Å². The molecule has 4 fully saturated rings. The molecule has 0 spiro atoms. The SMILES string of the molecule is O=C1CCC(Nc2ccc(N3CCC(CN4CCC(SCc5nc6cc(OCC7CC7)cc(F)c6c(=O)[nH]5)CC4)CC3)c(F)c2)C(=O)N1.O=CO. The van der Waals surface area contributed by atoms with Crippen molar-refractivity contribution in [3.63, 3.8) is 0 Å². The lowest BCUT2D eigenvalue weighted by atomic mass is 9.95. The van der Waals surface area contributed by atoms with Crippen LogP contribution in [-0.2, 0) is 20.1 Å². The first-order valence-electron chi connectivity index (χ1n) is 17.6. The first kappa shape index (κ1) is 36.5. The number of thioether (sulfide) groups is 1. The molecule has 15 heteroatoms. The van der Waals surface area contributed by atoms with E-state index in [1.807, 2.05) is 0 Å². The van der Waals surface area contributed by atoms with Crippen LogP contribution in [0, 0.1) is 23.5 Å². The Hall–Kier alpha value is -4.24. The Labute approximate surface area is 298 Å². The number of ether oxygens (including phenoxy) is 1. The van der Waals surface area contributed by atoms with Gasteiger partial charge in [0, 0.05) is 49.1 Å². The fourth-order valence-corrected chi connectivity index (χ4v) is 8.04. The van der Waals surface area contributed by atoms with E-state index in [1.54, 1.807) is 30.0 Å². The van der Waals surface area contributed by atoms with E-state index in [1.165, 1.54) is 12.1 Å². The predicted octanol–water partition coefficient (Wildman–Crippen LogP) is 4.52. The van der Waals surface area contributed by atoms with Gasteiger partial charge in [-0.1, -0.05) is 0 Å². The normalized spacial score (nSPS) is 20.4. The number of fused-ring (bicyclic) bond motifs is 1. The molecule has 51 heavy (non-hydrogen) atoms. The maximum absolute atomic E-state index is 15.1. The monoisotopic (exact) mass is 726 g/mol. The average molecular weight is 727 g/mol. The Kier molecular flexibility index (Phi) is 12.1. The number of nitrogens with zero attached hydrogens (tertiary/aromatic N) is 3. The van der Waals surface area contributed by atoms with Crippen LogP contribution in [0.3, 0.4) is 0 Å². The molecule has 3 saturated heterocycles. The van der Waals surface area contributed by atoms with Crippen LogP contribution in [-0.4, -0.2) is 88.9 Å². The largest absolute Gasteiger partial charge is 0.493 e. The number of carbonyl (C=O) groups excluding carboxylic acids is 2. The number of imide groups is 1. The maximum Gasteiger partial charge on any atom is 0.290 e. The number of anilines is 2. The van der Waals surface area contributed by atoms with Gasteiger partial charge in [-0.25, -0.2) is 13.8 Å². The molecule has 2 aromatic carbocycles. The number of hydrogen-bond acceptors (Lipinski definition) is 10. The van der Waals surface area contributed by atoms with Crippen molar-refractivity contribution in [3.05, 3.63) is 58.1 Å². The number of benzene rings is 2. The van der Waals surface area contributed by atoms with Crippen LogP contribution >= 0.6 is 11.8 Å². The number of piperidine rings is 3. The summed E-state index contributed by atoms with van der Waals surface area (Å²) >= 11 is 1.79. The Morgan fingerprint density at radius 1 is 0.961 bits per heavy atom. The van der Waals surface area contributed by atoms with Crippen molar-refractivity contribution >= 4 is 52.3 Å². The number of amides is 2. The van der Waals surface area contributed by atoms with E-state index in [0.717, 1.165) is 71.2 Å². The van der Waals surface area contributed by atoms with Gasteiger partial charge in [0.15, 0.2) is 0 Å². The molecule has 7 rings (SSSR count). The van der Waals surface area contributed by atoms with E-state index in [9.17, 15) is 18.8 Å². The molecular formula is C36H44F2N6O6S. The summed E-state index contributed by atoms with van der Waals surface area (Å²) in [7, 11) is 0. The van der Waals surface area contributed by atoms with Gasteiger partial charge in [-0.2, -0.15) is 11.8 Å². The van der Waals surface area contributed by atoms with Gasteiger partial charge in [-0.3, -0.25) is 24.5 Å². The fourth-order valence-electron chi connectivity index (χ4n) is 6.96. The first-order chi connectivity index (χ1) is 24.7. The number of nitrogens with one attached hydrogen (secondary N) is 3. The number of hydrogen-bond donors (Lipinski definition) is 4. The number of aromatic nitrogens is 2. The summed E-state index contributed by atoms with van der Waals surface area (Å²) in [6.45, 7) is 4.98. The van der Waals surface area contributed by atoms with Gasteiger partial charge in [0.2, 0.25) is 11.8 Å². The van der Waals surface area contributed by atoms with E-state index in [0.29, 0.717) is 64.3 Å². The quantitative estimate of drug-likeness (QED) is 0.163. The third-order valence-electron chi connectivity index (χ3n) is 9.96. The summed E-state index contributed by atoms with van der Waals surface area (Å²) < 4.78 is 35.5. The third-order valence-corrected chi connectivity index (χ3v) is 11.3. The van der Waals surface area contributed by atoms with Crippen molar-refractivity contribution in [1.29, 1.82) is 0 Å². The minimum atomic E-state index is -0.605. The number of halogens is 2. The second-order valence-corrected chi connectivity index (χ2v) is 15.0. The first-order valence-corrected chi connectivity index (χ1v) is 18.7. The van der Waals surface area contributed by atoms with Gasteiger partial charge >= 0.3 is 0 Å². The number of aromatic amines is 1. The molecule has 274 valence electrons. The van der Waals surface area contributed by atoms with Gasteiger partial charge in [0.1, 0.15) is 34.6 Å². The van der Waals surface area contributed by atoms with Gasteiger partial charge in [-0.15, -0.1) is 0 Å². The zero-order valence-electron chi connectivity index (χ0n) is 28.4. The number of carbonyl (C=O) groups is 3. The topological polar surface area (TPSA) is 157 Å². The molecule has 4 N–H and O–H groups in total. The molecule has 1 aromatic heterocycles. The molecule has 1 saturated carbocycles. The zero-order chi connectivity index (χ0) is 35.9. The Morgan fingerprint density at radius 3 is 2.39 bits per heavy atom. The van der Waals surface area contributed by atoms with Crippen LogP contribution in [0.25, 0.3) is 10.9 Å². The van der Waals surface area contributed by atoms with Crippen molar-refractivity contribution in [3.8, 4) is 5.75 Å². The van der Waals surface area contributed by atoms with Crippen molar-refractivity contribution < 1.29 is 33.0 Å². The van der Waals surface area contributed by atoms with Crippen molar-refractivity contribution in [1.82, 2.24) is 20.2 Å². The highest BCUT2D eigenvalue weighted by atomic mass is 32.2. The molecule has 4 heterocycles. The molecule has 1 aliphatic carbocycles. The molecule has 0 bridgehead atoms. The number of carboxylic acid groups (broad SMARTS) is 1. The molecule has 1 unspecified atom stereocenters. The Morgan fingerprint density at radius 2 is 1.71 bits per heavy atom. The summed E-state index contributed by atoms with van der Waals surface area (Å²) in [5, 5.41) is 12.7. The summed E-state index contributed by atoms with van der Waals surface area (Å²) in [4.78, 5) is 56.5. The van der Waals surface area contributed by atoms with Crippen LogP contribution in [0.4, 0.5) is 20.2 Å². The molecule has 2 amide bonds. The number of likely N-dealkylation sites (tertiary alicyclic amines) is 1. The standard InChI is InChI=1S/C35H42F2N6O4S.CH2O2/c36-26-15-23(38-28-4-6-32(44)41-34(28)45)3-5-30(26)43-13-7-21(8-14-43)18-42-11-9-25(10-12-42)48-20-31-39-29-17-24(47-19-22-1-2-22)16-27(37)33(29)35(46)40-31;2-1-3/h3,5,15-17,21-22,25,28,38H,1-2,4,6-14,18-20H2,(H,39,40,46)(H,41,44,45);1H,(H,2,3). The van der Waals surface area contributed by atoms with Gasteiger partial charge < -0.3 is 29.9 Å². The molecule has 12 nitrogen and oxygen atoms in total. The lowest BCUT2D eigenvalue weighted by Gasteiger charge is -2.38. The minimum absolute atomic E-state index is 0.0240. The number of H-pyrrole nitrogens is 1. The van der Waals surface area contributed by atoms with Crippen LogP contribution in [0.2, 0.25) is 0 Å². The highest BCUT2D eigenvalue weighted by Gasteiger charge is 2.29. The zero-order valence-corrected chi connectivity index (χ0v) is 29.2. The van der Waals surface area contributed by atoms with Crippen molar-refractivity contribution in [2.24, 2.45) is 11.8 Å². The van der Waals surface area contributed by atoms with Gasteiger partial charge in [-0.05, 0) is 88.1 Å². The van der Waals surface area contributed by atoms with E-state index >= 15 is 4.39 Å². The maximum atomic E-state index is 15.1. The minimum Gasteiger partial charge on any atom is -0.493 e. The molecule has 3 aliphatic heterocycles. The highest BCUT2D eigenvalue weighted by Crippen LogP contribution is 2.32. The Balaban J connectivity index is 0.00000144. The van der Waals surface area contributed by atoms with E-state index in [2.05, 4.69) is 30.4 Å². The average Bonchev–Trinajstić information content (AvgIpc) is 3.94.